The van der Waals surface area contributed by atoms with E-state index in [0.717, 1.165) is 24.2 Å². The first kappa shape index (κ1) is 8.11. The molecule has 0 radical (unpaired) electrons. The first-order chi connectivity index (χ1) is 5.16. The number of hydrogen-bond acceptors (Lipinski definition) is 3. The molecule has 1 aliphatic rings. The molecule has 0 N–H and O–H groups in total. The lowest BCUT2D eigenvalue weighted by molar-refractivity contribution is -0.136. The third-order valence-electron chi connectivity index (χ3n) is 2.14. The summed E-state index contributed by atoms with van der Waals surface area (Å²) in [6, 6.07) is 0. The fraction of sp³-hybridized carbons (Fsp3) is 0.625. The largest absolute Gasteiger partial charge is 0.466 e. The van der Waals surface area contributed by atoms with Gasteiger partial charge >= 0.3 is 5.97 Å². The third-order valence-corrected chi connectivity index (χ3v) is 2.14. The molecule has 1 heterocycles. The van der Waals surface area contributed by atoms with Gasteiger partial charge in [-0.25, -0.2) is 4.79 Å². The SMILES string of the molecule is COC(=O)C1=C(C)N(C)CC1. The zero-order chi connectivity index (χ0) is 8.43. The van der Waals surface area contributed by atoms with Crippen LogP contribution in [0.15, 0.2) is 11.3 Å². The van der Waals surface area contributed by atoms with Crippen molar-refractivity contribution in [1.82, 2.24) is 4.90 Å². The molecule has 1 aliphatic heterocycles. The van der Waals surface area contributed by atoms with Crippen molar-refractivity contribution in [1.29, 1.82) is 0 Å². The average Bonchev–Trinajstić information content (AvgIpc) is 2.32. The standard InChI is InChI=1S/C8H13NO2/c1-6-7(8(10)11-3)4-5-9(6)2/h4-5H2,1-3H3. The van der Waals surface area contributed by atoms with Crippen LogP contribution in [0.3, 0.4) is 0 Å². The Hall–Kier alpha value is -0.990. The lowest BCUT2D eigenvalue weighted by Gasteiger charge is -2.10. The van der Waals surface area contributed by atoms with Crippen LogP contribution in [0.5, 0.6) is 0 Å². The molecule has 0 aromatic carbocycles. The maximum atomic E-state index is 11.1. The first-order valence-corrected chi connectivity index (χ1v) is 3.66. The van der Waals surface area contributed by atoms with Gasteiger partial charge in [-0.15, -0.1) is 0 Å². The second-order valence-electron chi connectivity index (χ2n) is 2.73. The van der Waals surface area contributed by atoms with Crippen molar-refractivity contribution in [3.8, 4) is 0 Å². The molecule has 3 heteroatoms. The molecule has 0 amide bonds. The third kappa shape index (κ3) is 1.37. The Morgan fingerprint density at radius 1 is 1.64 bits per heavy atom. The predicted molar refractivity (Wildman–Crippen MR) is 42.0 cm³/mol. The van der Waals surface area contributed by atoms with E-state index in [-0.39, 0.29) is 5.97 Å². The number of esters is 1. The highest BCUT2D eigenvalue weighted by atomic mass is 16.5. The Balaban J connectivity index is 2.79. The molecule has 0 saturated heterocycles. The molecule has 0 bridgehead atoms. The van der Waals surface area contributed by atoms with Gasteiger partial charge in [-0.3, -0.25) is 0 Å². The molecule has 3 nitrogen and oxygen atoms in total. The monoisotopic (exact) mass is 155 g/mol. The van der Waals surface area contributed by atoms with Crippen LogP contribution in [0.2, 0.25) is 0 Å². The maximum absolute atomic E-state index is 11.1. The van der Waals surface area contributed by atoms with Gasteiger partial charge in [-0.2, -0.15) is 0 Å². The van der Waals surface area contributed by atoms with Crippen molar-refractivity contribution in [2.75, 3.05) is 20.7 Å². The minimum atomic E-state index is -0.188. The van der Waals surface area contributed by atoms with Crippen LogP contribution in [0.1, 0.15) is 13.3 Å². The fourth-order valence-electron chi connectivity index (χ4n) is 1.23. The highest BCUT2D eigenvalue weighted by Crippen LogP contribution is 2.20. The van der Waals surface area contributed by atoms with Gasteiger partial charge in [0.2, 0.25) is 0 Å². The number of methoxy groups -OCH3 is 1. The van der Waals surface area contributed by atoms with Crippen molar-refractivity contribution in [2.45, 2.75) is 13.3 Å². The van der Waals surface area contributed by atoms with E-state index in [0.29, 0.717) is 0 Å². The van der Waals surface area contributed by atoms with E-state index < -0.39 is 0 Å². The Morgan fingerprint density at radius 2 is 2.27 bits per heavy atom. The van der Waals surface area contributed by atoms with Crippen LogP contribution in [-0.2, 0) is 9.53 Å². The van der Waals surface area contributed by atoms with Gasteiger partial charge in [0, 0.05) is 19.3 Å². The van der Waals surface area contributed by atoms with E-state index >= 15 is 0 Å². The summed E-state index contributed by atoms with van der Waals surface area (Å²) in [6.07, 6.45) is 0.814. The van der Waals surface area contributed by atoms with Crippen molar-refractivity contribution in [3.05, 3.63) is 11.3 Å². The minimum absolute atomic E-state index is 0.188. The Kier molecular flexibility index (Phi) is 2.17. The van der Waals surface area contributed by atoms with Crippen molar-refractivity contribution < 1.29 is 9.53 Å². The summed E-state index contributed by atoms with van der Waals surface area (Å²) in [7, 11) is 3.40. The summed E-state index contributed by atoms with van der Waals surface area (Å²) < 4.78 is 4.63. The molecule has 62 valence electrons. The molecule has 11 heavy (non-hydrogen) atoms. The van der Waals surface area contributed by atoms with Gasteiger partial charge < -0.3 is 9.64 Å². The van der Waals surface area contributed by atoms with Crippen LogP contribution in [0.25, 0.3) is 0 Å². The van der Waals surface area contributed by atoms with Crippen LogP contribution in [-0.4, -0.2) is 31.6 Å². The number of carbonyl (C=O) groups excluding carboxylic acids is 1. The molecule has 0 atom stereocenters. The molecule has 0 spiro atoms. The summed E-state index contributed by atoms with van der Waals surface area (Å²) >= 11 is 0. The smallest absolute Gasteiger partial charge is 0.335 e. The van der Waals surface area contributed by atoms with Crippen LogP contribution < -0.4 is 0 Å². The number of allylic oxidation sites excluding steroid dienone is 1. The predicted octanol–water partition coefficient (Wildman–Crippen LogP) is 0.769. The number of nitrogens with zero attached hydrogens (tertiary/aromatic N) is 1. The Bertz CT molecular complexity index is 208. The molecule has 0 unspecified atom stereocenters. The summed E-state index contributed by atoms with van der Waals surface area (Å²) in [5.74, 6) is -0.188. The van der Waals surface area contributed by atoms with Gasteiger partial charge in [0.05, 0.1) is 12.7 Å². The highest BCUT2D eigenvalue weighted by molar-refractivity contribution is 5.89. The van der Waals surface area contributed by atoms with Gasteiger partial charge in [-0.1, -0.05) is 0 Å². The lowest BCUT2D eigenvalue weighted by atomic mass is 10.2. The zero-order valence-electron chi connectivity index (χ0n) is 7.18. The Labute approximate surface area is 66.6 Å². The minimum Gasteiger partial charge on any atom is -0.466 e. The summed E-state index contributed by atoms with van der Waals surface area (Å²) in [5, 5.41) is 0. The lowest BCUT2D eigenvalue weighted by Crippen LogP contribution is -2.10. The topological polar surface area (TPSA) is 29.5 Å². The molecule has 0 aliphatic carbocycles. The van der Waals surface area contributed by atoms with E-state index in [2.05, 4.69) is 9.64 Å². The van der Waals surface area contributed by atoms with Crippen LogP contribution in [0.4, 0.5) is 0 Å². The average molecular weight is 155 g/mol. The molecule has 0 fully saturated rings. The summed E-state index contributed by atoms with van der Waals surface area (Å²) in [4.78, 5) is 13.1. The summed E-state index contributed by atoms with van der Waals surface area (Å²) in [6.45, 7) is 2.87. The second-order valence-corrected chi connectivity index (χ2v) is 2.73. The van der Waals surface area contributed by atoms with E-state index in [1.807, 2.05) is 14.0 Å². The number of rotatable bonds is 1. The van der Waals surface area contributed by atoms with Gasteiger partial charge in [0.15, 0.2) is 0 Å². The van der Waals surface area contributed by atoms with E-state index in [4.69, 9.17) is 0 Å². The fourth-order valence-corrected chi connectivity index (χ4v) is 1.23. The number of hydrogen-bond donors (Lipinski definition) is 0. The number of carbonyl (C=O) groups is 1. The molecule has 1 rings (SSSR count). The van der Waals surface area contributed by atoms with Crippen LogP contribution >= 0.6 is 0 Å². The number of ether oxygens (including phenoxy) is 1. The van der Waals surface area contributed by atoms with Crippen LogP contribution in [0, 0.1) is 0 Å². The molecule has 0 saturated carbocycles. The molecule has 0 aromatic heterocycles. The highest BCUT2D eigenvalue weighted by Gasteiger charge is 2.21. The van der Waals surface area contributed by atoms with Crippen molar-refractivity contribution >= 4 is 5.97 Å². The molecule has 0 aromatic rings. The molecular weight excluding hydrogens is 142 g/mol. The van der Waals surface area contributed by atoms with Gasteiger partial charge in [0.1, 0.15) is 0 Å². The van der Waals surface area contributed by atoms with Crippen molar-refractivity contribution in [2.24, 2.45) is 0 Å². The zero-order valence-corrected chi connectivity index (χ0v) is 7.18. The molecular formula is C8H13NO2. The van der Waals surface area contributed by atoms with Gasteiger partial charge in [-0.05, 0) is 13.3 Å². The second kappa shape index (κ2) is 2.95. The van der Waals surface area contributed by atoms with Gasteiger partial charge in [0.25, 0.3) is 0 Å². The normalized spacial score (nSPS) is 17.5. The maximum Gasteiger partial charge on any atom is 0.335 e. The Morgan fingerprint density at radius 3 is 2.64 bits per heavy atom. The van der Waals surface area contributed by atoms with E-state index in [1.54, 1.807) is 0 Å². The van der Waals surface area contributed by atoms with Crippen molar-refractivity contribution in [3.63, 3.8) is 0 Å². The van der Waals surface area contributed by atoms with E-state index in [9.17, 15) is 4.79 Å². The quantitative estimate of drug-likeness (QED) is 0.524. The van der Waals surface area contributed by atoms with E-state index in [1.165, 1.54) is 7.11 Å². The summed E-state index contributed by atoms with van der Waals surface area (Å²) in [5.41, 5.74) is 1.85. The first-order valence-electron chi connectivity index (χ1n) is 3.66.